The van der Waals surface area contributed by atoms with Gasteiger partial charge in [-0.15, -0.1) is 0 Å². The molecule has 2 rings (SSSR count). The SMILES string of the molecule is O=C(Nc1cnccn1)c1ccc(C#CCO)c(F)c1. The molecule has 1 amide bonds. The quantitative estimate of drug-likeness (QED) is 0.805. The van der Waals surface area contributed by atoms with Crippen molar-refractivity contribution in [1.82, 2.24) is 9.97 Å². The number of amides is 1. The summed E-state index contributed by atoms with van der Waals surface area (Å²) < 4.78 is 13.7. The number of hydrogen-bond acceptors (Lipinski definition) is 4. The zero-order valence-electron chi connectivity index (χ0n) is 10.3. The average molecular weight is 271 g/mol. The summed E-state index contributed by atoms with van der Waals surface area (Å²) in [4.78, 5) is 19.6. The second-order valence-corrected chi connectivity index (χ2v) is 3.70. The highest BCUT2D eigenvalue weighted by molar-refractivity contribution is 6.03. The van der Waals surface area contributed by atoms with Crippen molar-refractivity contribution in [3.63, 3.8) is 0 Å². The van der Waals surface area contributed by atoms with E-state index in [-0.39, 0.29) is 23.6 Å². The van der Waals surface area contributed by atoms with E-state index in [4.69, 9.17) is 5.11 Å². The number of benzene rings is 1. The number of rotatable bonds is 2. The molecule has 2 aromatic rings. The van der Waals surface area contributed by atoms with Gasteiger partial charge >= 0.3 is 0 Å². The number of nitrogens with zero attached hydrogens (tertiary/aromatic N) is 2. The Kier molecular flexibility index (Phi) is 4.37. The van der Waals surface area contributed by atoms with Gasteiger partial charge in [-0.25, -0.2) is 9.37 Å². The van der Waals surface area contributed by atoms with Gasteiger partial charge in [-0.2, -0.15) is 0 Å². The van der Waals surface area contributed by atoms with Crippen molar-refractivity contribution in [2.75, 3.05) is 11.9 Å². The Morgan fingerprint density at radius 3 is 2.90 bits per heavy atom. The van der Waals surface area contributed by atoms with Crippen LogP contribution in [0.2, 0.25) is 0 Å². The van der Waals surface area contributed by atoms with Crippen LogP contribution >= 0.6 is 0 Å². The lowest BCUT2D eigenvalue weighted by molar-refractivity contribution is 0.102. The van der Waals surface area contributed by atoms with E-state index in [9.17, 15) is 9.18 Å². The van der Waals surface area contributed by atoms with E-state index < -0.39 is 11.7 Å². The van der Waals surface area contributed by atoms with Gasteiger partial charge in [0.1, 0.15) is 12.4 Å². The number of aromatic nitrogens is 2. The second-order valence-electron chi connectivity index (χ2n) is 3.70. The molecule has 0 bridgehead atoms. The van der Waals surface area contributed by atoms with Crippen LogP contribution in [0.4, 0.5) is 10.2 Å². The lowest BCUT2D eigenvalue weighted by Gasteiger charge is -2.04. The van der Waals surface area contributed by atoms with Crippen LogP contribution in [0.5, 0.6) is 0 Å². The zero-order chi connectivity index (χ0) is 14.4. The van der Waals surface area contributed by atoms with E-state index in [0.717, 1.165) is 6.07 Å². The molecule has 0 atom stereocenters. The first-order valence-corrected chi connectivity index (χ1v) is 5.67. The van der Waals surface area contributed by atoms with Crippen molar-refractivity contribution in [2.45, 2.75) is 0 Å². The summed E-state index contributed by atoms with van der Waals surface area (Å²) in [6, 6.07) is 3.90. The highest BCUT2D eigenvalue weighted by Gasteiger charge is 2.09. The molecule has 1 heterocycles. The number of aliphatic hydroxyl groups excluding tert-OH is 1. The van der Waals surface area contributed by atoms with Gasteiger partial charge in [-0.1, -0.05) is 11.8 Å². The van der Waals surface area contributed by atoms with Crippen LogP contribution < -0.4 is 5.32 Å². The predicted molar refractivity (Wildman–Crippen MR) is 70.3 cm³/mol. The van der Waals surface area contributed by atoms with Crippen LogP contribution in [-0.2, 0) is 0 Å². The largest absolute Gasteiger partial charge is 0.384 e. The van der Waals surface area contributed by atoms with E-state index in [1.807, 2.05) is 0 Å². The van der Waals surface area contributed by atoms with Gasteiger partial charge in [0.25, 0.3) is 5.91 Å². The Bertz CT molecular complexity index is 678. The van der Waals surface area contributed by atoms with E-state index >= 15 is 0 Å². The van der Waals surface area contributed by atoms with Gasteiger partial charge in [-0.3, -0.25) is 9.78 Å². The summed E-state index contributed by atoms with van der Waals surface area (Å²) in [5.74, 6) is 3.95. The van der Waals surface area contributed by atoms with Crippen molar-refractivity contribution in [3.8, 4) is 11.8 Å². The lowest BCUT2D eigenvalue weighted by atomic mass is 10.1. The third-order valence-corrected chi connectivity index (χ3v) is 2.34. The first kappa shape index (κ1) is 13.6. The summed E-state index contributed by atoms with van der Waals surface area (Å²) in [6.45, 7) is -0.353. The molecule has 6 heteroatoms. The fraction of sp³-hybridized carbons (Fsp3) is 0.0714. The van der Waals surface area contributed by atoms with Crippen LogP contribution in [0, 0.1) is 17.7 Å². The van der Waals surface area contributed by atoms with Gasteiger partial charge in [0, 0.05) is 18.0 Å². The third kappa shape index (κ3) is 3.37. The van der Waals surface area contributed by atoms with Crippen molar-refractivity contribution >= 4 is 11.7 Å². The number of hydrogen-bond donors (Lipinski definition) is 2. The van der Waals surface area contributed by atoms with Crippen molar-refractivity contribution < 1.29 is 14.3 Å². The van der Waals surface area contributed by atoms with Crippen molar-refractivity contribution in [1.29, 1.82) is 0 Å². The summed E-state index contributed by atoms with van der Waals surface area (Å²) in [6.07, 6.45) is 4.29. The average Bonchev–Trinajstić information content (AvgIpc) is 2.47. The molecule has 100 valence electrons. The molecule has 0 saturated heterocycles. The Balaban J connectivity index is 2.17. The first-order valence-electron chi connectivity index (χ1n) is 5.67. The summed E-state index contributed by atoms with van der Waals surface area (Å²) in [5.41, 5.74) is 0.262. The van der Waals surface area contributed by atoms with Gasteiger partial charge in [-0.05, 0) is 18.2 Å². The molecule has 1 aromatic heterocycles. The molecule has 5 nitrogen and oxygen atoms in total. The normalized spacial score (nSPS) is 9.50. The Hall–Kier alpha value is -2.78. The van der Waals surface area contributed by atoms with E-state index in [1.165, 1.54) is 30.7 Å². The second kappa shape index (κ2) is 6.41. The smallest absolute Gasteiger partial charge is 0.256 e. The molecule has 0 aliphatic carbocycles. The maximum atomic E-state index is 13.7. The highest BCUT2D eigenvalue weighted by Crippen LogP contribution is 2.11. The number of carbonyl (C=O) groups excluding carboxylic acids is 1. The van der Waals surface area contributed by atoms with Gasteiger partial charge < -0.3 is 10.4 Å². The Morgan fingerprint density at radius 1 is 1.40 bits per heavy atom. The summed E-state index contributed by atoms with van der Waals surface area (Å²) in [5, 5.41) is 11.0. The molecule has 20 heavy (non-hydrogen) atoms. The molecule has 0 saturated carbocycles. The molecule has 0 aliphatic rings. The number of carbonyl (C=O) groups is 1. The minimum absolute atomic E-state index is 0.120. The van der Waals surface area contributed by atoms with E-state index in [0.29, 0.717) is 0 Å². The predicted octanol–water partition coefficient (Wildman–Crippen LogP) is 1.21. The molecule has 0 fully saturated rings. The number of nitrogens with one attached hydrogen (secondary N) is 1. The molecule has 0 radical (unpaired) electrons. The molecule has 0 unspecified atom stereocenters. The van der Waals surface area contributed by atoms with Crippen LogP contribution in [0.1, 0.15) is 15.9 Å². The molecule has 2 N–H and O–H groups in total. The van der Waals surface area contributed by atoms with Crippen LogP contribution in [0.3, 0.4) is 0 Å². The van der Waals surface area contributed by atoms with Crippen LogP contribution in [0.25, 0.3) is 0 Å². The minimum atomic E-state index is -0.627. The summed E-state index contributed by atoms with van der Waals surface area (Å²) >= 11 is 0. The standard InChI is InChI=1S/C14H10FN3O2/c15-12-8-11(4-3-10(12)2-1-7-19)14(20)18-13-9-16-5-6-17-13/h3-6,8-9,19H,7H2,(H,17,18,20). The minimum Gasteiger partial charge on any atom is -0.384 e. The first-order chi connectivity index (χ1) is 9.70. The Morgan fingerprint density at radius 2 is 2.25 bits per heavy atom. The van der Waals surface area contributed by atoms with Gasteiger partial charge in [0.15, 0.2) is 5.82 Å². The highest BCUT2D eigenvalue weighted by atomic mass is 19.1. The number of halogens is 1. The molecule has 1 aromatic carbocycles. The van der Waals surface area contributed by atoms with Crippen molar-refractivity contribution in [3.05, 3.63) is 53.7 Å². The maximum absolute atomic E-state index is 13.7. The molecule has 0 spiro atoms. The Labute approximate surface area is 114 Å². The summed E-state index contributed by atoms with van der Waals surface area (Å²) in [7, 11) is 0. The van der Waals surface area contributed by atoms with Crippen molar-refractivity contribution in [2.24, 2.45) is 0 Å². The fourth-order valence-corrected chi connectivity index (χ4v) is 1.44. The van der Waals surface area contributed by atoms with E-state index in [2.05, 4.69) is 27.1 Å². The monoisotopic (exact) mass is 271 g/mol. The van der Waals surface area contributed by atoms with Crippen LogP contribution in [-0.4, -0.2) is 27.6 Å². The molecular weight excluding hydrogens is 261 g/mol. The fourth-order valence-electron chi connectivity index (χ4n) is 1.44. The van der Waals surface area contributed by atoms with Gasteiger partial charge in [0.05, 0.1) is 11.8 Å². The zero-order valence-corrected chi connectivity index (χ0v) is 10.3. The van der Waals surface area contributed by atoms with Crippen LogP contribution in [0.15, 0.2) is 36.8 Å². The molecule has 0 aliphatic heterocycles. The van der Waals surface area contributed by atoms with E-state index in [1.54, 1.807) is 0 Å². The van der Waals surface area contributed by atoms with Gasteiger partial charge in [0.2, 0.25) is 0 Å². The lowest BCUT2D eigenvalue weighted by Crippen LogP contribution is -2.13. The number of aliphatic hydroxyl groups is 1. The molecular formula is C14H10FN3O2. The topological polar surface area (TPSA) is 75.1 Å². The maximum Gasteiger partial charge on any atom is 0.256 e. The number of anilines is 1. The third-order valence-electron chi connectivity index (χ3n) is 2.34.